The predicted octanol–water partition coefficient (Wildman–Crippen LogP) is 3.30. The number of nitrogens with zero attached hydrogens (tertiary/aromatic N) is 1. The van der Waals surface area contributed by atoms with Gasteiger partial charge in [-0.3, -0.25) is 5.10 Å². The quantitative estimate of drug-likeness (QED) is 0.877. The van der Waals surface area contributed by atoms with E-state index in [-0.39, 0.29) is 5.69 Å². The molecule has 0 aliphatic heterocycles. The van der Waals surface area contributed by atoms with E-state index >= 15 is 0 Å². The molecule has 2 rings (SSSR count). The van der Waals surface area contributed by atoms with Crippen LogP contribution in [0.2, 0.25) is 0 Å². The van der Waals surface area contributed by atoms with E-state index in [0.29, 0.717) is 5.69 Å². The second-order valence-electron chi connectivity index (χ2n) is 3.10. The van der Waals surface area contributed by atoms with Crippen molar-refractivity contribution in [2.75, 3.05) is 0 Å². The fourth-order valence-corrected chi connectivity index (χ4v) is 2.52. The van der Waals surface area contributed by atoms with Crippen LogP contribution in [0.25, 0.3) is 11.3 Å². The molecule has 6 heteroatoms. The van der Waals surface area contributed by atoms with Gasteiger partial charge in [0.2, 0.25) is 0 Å². The van der Waals surface area contributed by atoms with E-state index in [1.165, 1.54) is 6.07 Å². The van der Waals surface area contributed by atoms with Crippen molar-refractivity contribution < 1.29 is 9.90 Å². The van der Waals surface area contributed by atoms with Crippen molar-refractivity contribution in [1.29, 1.82) is 0 Å². The summed E-state index contributed by atoms with van der Waals surface area (Å²) in [6.45, 7) is 0. The van der Waals surface area contributed by atoms with Gasteiger partial charge in [0.15, 0.2) is 0 Å². The summed E-state index contributed by atoms with van der Waals surface area (Å²) < 4.78 is 1.79. The van der Waals surface area contributed by atoms with Crippen molar-refractivity contribution >= 4 is 37.8 Å². The lowest BCUT2D eigenvalue weighted by Crippen LogP contribution is -1.95. The van der Waals surface area contributed by atoms with Gasteiger partial charge in [0.05, 0.1) is 5.69 Å². The van der Waals surface area contributed by atoms with Crippen molar-refractivity contribution in [2.24, 2.45) is 0 Å². The number of aromatic amines is 1. The van der Waals surface area contributed by atoms with Gasteiger partial charge in [-0.2, -0.15) is 5.10 Å². The summed E-state index contributed by atoms with van der Waals surface area (Å²) in [4.78, 5) is 10.7. The number of carbonyl (C=O) groups is 1. The molecule has 1 aromatic heterocycles. The Morgan fingerprint density at radius 2 is 2.06 bits per heavy atom. The average molecular weight is 346 g/mol. The third-order valence-corrected chi connectivity index (χ3v) is 3.16. The predicted molar refractivity (Wildman–Crippen MR) is 66.4 cm³/mol. The van der Waals surface area contributed by atoms with E-state index < -0.39 is 5.97 Å². The van der Waals surface area contributed by atoms with Crippen LogP contribution in [0.4, 0.5) is 0 Å². The Bertz CT molecular complexity index is 552. The Labute approximate surface area is 108 Å². The zero-order valence-corrected chi connectivity index (χ0v) is 11.0. The number of carboxylic acids is 1. The lowest BCUT2D eigenvalue weighted by atomic mass is 10.1. The molecule has 16 heavy (non-hydrogen) atoms. The Kier molecular flexibility index (Phi) is 3.11. The van der Waals surface area contributed by atoms with Crippen LogP contribution in [0, 0.1) is 0 Å². The minimum Gasteiger partial charge on any atom is -0.477 e. The highest BCUT2D eigenvalue weighted by molar-refractivity contribution is 9.11. The number of H-pyrrole nitrogens is 1. The number of hydrogen-bond acceptors (Lipinski definition) is 2. The summed E-state index contributed by atoms with van der Waals surface area (Å²) in [6.07, 6.45) is 0. The van der Waals surface area contributed by atoms with Crippen LogP contribution < -0.4 is 0 Å². The van der Waals surface area contributed by atoms with Crippen LogP contribution in [0.5, 0.6) is 0 Å². The van der Waals surface area contributed by atoms with E-state index in [2.05, 4.69) is 42.1 Å². The maximum Gasteiger partial charge on any atom is 0.353 e. The van der Waals surface area contributed by atoms with E-state index in [0.717, 1.165) is 14.5 Å². The monoisotopic (exact) mass is 344 g/mol. The van der Waals surface area contributed by atoms with Crippen LogP contribution >= 0.6 is 31.9 Å². The maximum absolute atomic E-state index is 10.7. The van der Waals surface area contributed by atoms with Crippen LogP contribution in [-0.4, -0.2) is 21.3 Å². The molecule has 0 saturated carbocycles. The number of carboxylic acid groups (broad SMARTS) is 1. The van der Waals surface area contributed by atoms with E-state index in [1.54, 1.807) is 0 Å². The molecular formula is C10H6Br2N2O2. The number of rotatable bonds is 2. The molecule has 1 heterocycles. The highest BCUT2D eigenvalue weighted by atomic mass is 79.9. The molecule has 0 spiro atoms. The molecular weight excluding hydrogens is 340 g/mol. The molecule has 0 unspecified atom stereocenters. The molecule has 2 aromatic rings. The van der Waals surface area contributed by atoms with Gasteiger partial charge in [0.1, 0.15) is 5.69 Å². The molecule has 0 fully saturated rings. The fraction of sp³-hybridized carbons (Fsp3) is 0. The average Bonchev–Trinajstić information content (AvgIpc) is 2.66. The van der Waals surface area contributed by atoms with E-state index in [1.807, 2.05) is 18.2 Å². The molecule has 0 bridgehead atoms. The van der Waals surface area contributed by atoms with Crippen LogP contribution in [0.3, 0.4) is 0 Å². The van der Waals surface area contributed by atoms with Crippen molar-refractivity contribution in [3.8, 4) is 11.3 Å². The second kappa shape index (κ2) is 4.39. The zero-order valence-electron chi connectivity index (χ0n) is 7.87. The van der Waals surface area contributed by atoms with Gasteiger partial charge in [-0.05, 0) is 18.2 Å². The first-order valence-corrected chi connectivity index (χ1v) is 5.90. The molecule has 0 aliphatic carbocycles. The maximum atomic E-state index is 10.7. The highest BCUT2D eigenvalue weighted by Gasteiger charge is 2.11. The van der Waals surface area contributed by atoms with Crippen molar-refractivity contribution in [1.82, 2.24) is 10.2 Å². The number of aromatic carboxylic acids is 1. The smallest absolute Gasteiger partial charge is 0.353 e. The van der Waals surface area contributed by atoms with Crippen molar-refractivity contribution in [3.63, 3.8) is 0 Å². The van der Waals surface area contributed by atoms with Crippen molar-refractivity contribution in [2.45, 2.75) is 0 Å². The molecule has 4 nitrogen and oxygen atoms in total. The number of aromatic nitrogens is 2. The Morgan fingerprint density at radius 1 is 1.31 bits per heavy atom. The lowest BCUT2D eigenvalue weighted by molar-refractivity contribution is 0.0690. The summed E-state index contributed by atoms with van der Waals surface area (Å²) in [5.74, 6) is -1.02. The lowest BCUT2D eigenvalue weighted by Gasteiger charge is -2.00. The highest BCUT2D eigenvalue weighted by Crippen LogP contribution is 2.29. The first-order valence-electron chi connectivity index (χ1n) is 4.32. The third kappa shape index (κ3) is 2.17. The molecule has 0 atom stereocenters. The van der Waals surface area contributed by atoms with Crippen LogP contribution in [-0.2, 0) is 0 Å². The first-order chi connectivity index (χ1) is 7.58. The summed E-state index contributed by atoms with van der Waals surface area (Å²) in [7, 11) is 0. The van der Waals surface area contributed by atoms with Gasteiger partial charge in [0.25, 0.3) is 0 Å². The normalized spacial score (nSPS) is 10.4. The Balaban J connectivity index is 2.46. The van der Waals surface area contributed by atoms with Crippen LogP contribution in [0.1, 0.15) is 10.5 Å². The summed E-state index contributed by atoms with van der Waals surface area (Å²) in [5, 5.41) is 15.2. The summed E-state index contributed by atoms with van der Waals surface area (Å²) in [5.41, 5.74) is 1.51. The van der Waals surface area contributed by atoms with E-state index in [4.69, 9.17) is 5.11 Å². The van der Waals surface area contributed by atoms with Gasteiger partial charge >= 0.3 is 5.97 Å². The van der Waals surface area contributed by atoms with Gasteiger partial charge in [-0.15, -0.1) is 0 Å². The minimum atomic E-state index is -1.02. The number of benzene rings is 1. The molecule has 1 aromatic carbocycles. The Hall–Kier alpha value is -1.14. The Morgan fingerprint density at radius 3 is 2.62 bits per heavy atom. The zero-order chi connectivity index (χ0) is 11.7. The molecule has 82 valence electrons. The van der Waals surface area contributed by atoms with E-state index in [9.17, 15) is 4.79 Å². The fourth-order valence-electron chi connectivity index (χ4n) is 1.27. The van der Waals surface area contributed by atoms with Gasteiger partial charge in [-0.1, -0.05) is 37.9 Å². The SMILES string of the molecule is O=C(O)c1cc(-c2ccc(Br)cc2Br)n[nH]1. The first kappa shape index (κ1) is 11.3. The summed E-state index contributed by atoms with van der Waals surface area (Å²) >= 11 is 6.74. The molecule has 0 radical (unpaired) electrons. The summed E-state index contributed by atoms with van der Waals surface area (Å²) in [6, 6.07) is 7.10. The largest absolute Gasteiger partial charge is 0.477 e. The number of halogens is 2. The number of hydrogen-bond donors (Lipinski definition) is 2. The molecule has 0 aliphatic rings. The second-order valence-corrected chi connectivity index (χ2v) is 4.87. The van der Waals surface area contributed by atoms with Gasteiger partial charge < -0.3 is 5.11 Å². The minimum absolute atomic E-state index is 0.0739. The molecule has 0 saturated heterocycles. The third-order valence-electron chi connectivity index (χ3n) is 2.02. The standard InChI is InChI=1S/C10H6Br2N2O2/c11-5-1-2-6(7(12)3-5)8-4-9(10(15)16)14-13-8/h1-4H,(H,13,14)(H,15,16). The van der Waals surface area contributed by atoms with Crippen molar-refractivity contribution in [3.05, 3.63) is 38.9 Å². The van der Waals surface area contributed by atoms with Gasteiger partial charge in [-0.25, -0.2) is 4.79 Å². The topological polar surface area (TPSA) is 66.0 Å². The number of nitrogens with one attached hydrogen (secondary N) is 1. The van der Waals surface area contributed by atoms with Gasteiger partial charge in [0, 0.05) is 14.5 Å². The molecule has 2 N–H and O–H groups in total. The molecule has 0 amide bonds. The van der Waals surface area contributed by atoms with Crippen LogP contribution in [0.15, 0.2) is 33.2 Å².